The highest BCUT2D eigenvalue weighted by molar-refractivity contribution is 5.28. The summed E-state index contributed by atoms with van der Waals surface area (Å²) in [5.41, 5.74) is 6.44. The lowest BCUT2D eigenvalue weighted by Gasteiger charge is -2.15. The zero-order chi connectivity index (χ0) is 10.6. The average molecular weight is 196 g/mol. The molecular formula is C10H16N2O2. The highest BCUT2D eigenvalue weighted by Crippen LogP contribution is 2.21. The molecule has 1 unspecified atom stereocenters. The van der Waals surface area contributed by atoms with E-state index in [-0.39, 0.29) is 12.7 Å². The van der Waals surface area contributed by atoms with Crippen LogP contribution in [0.15, 0.2) is 18.3 Å². The van der Waals surface area contributed by atoms with Crippen LogP contribution in [0.25, 0.3) is 0 Å². The van der Waals surface area contributed by atoms with Crippen molar-refractivity contribution < 1.29 is 9.84 Å². The Morgan fingerprint density at radius 2 is 2.29 bits per heavy atom. The second-order valence-corrected chi connectivity index (χ2v) is 3.35. The molecule has 1 atom stereocenters. The van der Waals surface area contributed by atoms with Gasteiger partial charge in [0.15, 0.2) is 0 Å². The summed E-state index contributed by atoms with van der Waals surface area (Å²) >= 11 is 0. The number of aliphatic hydroxyl groups excluding tert-OH is 1. The van der Waals surface area contributed by atoms with E-state index in [1.54, 1.807) is 12.3 Å². The Labute approximate surface area is 83.7 Å². The minimum atomic E-state index is -0.433. The van der Waals surface area contributed by atoms with Crippen LogP contribution in [0.5, 0.6) is 5.88 Å². The molecule has 0 saturated heterocycles. The molecule has 0 saturated carbocycles. The van der Waals surface area contributed by atoms with Crippen molar-refractivity contribution in [1.29, 1.82) is 0 Å². The summed E-state index contributed by atoms with van der Waals surface area (Å²) in [4.78, 5) is 4.07. The van der Waals surface area contributed by atoms with E-state index in [0.29, 0.717) is 5.88 Å². The van der Waals surface area contributed by atoms with Gasteiger partial charge in [-0.3, -0.25) is 0 Å². The standard InChI is InChI=1S/C10H16N2O2/c1-7(2)14-10-8(9(11)6-13)4-3-5-12-10/h3-5,7,9,13H,6,11H2,1-2H3. The van der Waals surface area contributed by atoms with E-state index < -0.39 is 6.04 Å². The number of nitrogens with zero attached hydrogens (tertiary/aromatic N) is 1. The second kappa shape index (κ2) is 4.93. The number of ether oxygens (including phenoxy) is 1. The van der Waals surface area contributed by atoms with Gasteiger partial charge in [0.2, 0.25) is 5.88 Å². The summed E-state index contributed by atoms with van der Waals surface area (Å²) in [6, 6.07) is 3.15. The van der Waals surface area contributed by atoms with Gasteiger partial charge < -0.3 is 15.6 Å². The fourth-order valence-corrected chi connectivity index (χ4v) is 1.11. The first-order chi connectivity index (χ1) is 6.65. The maximum atomic E-state index is 8.94. The molecule has 78 valence electrons. The van der Waals surface area contributed by atoms with Crippen LogP contribution in [0.2, 0.25) is 0 Å². The highest BCUT2D eigenvalue weighted by atomic mass is 16.5. The van der Waals surface area contributed by atoms with Crippen molar-refractivity contribution in [2.45, 2.75) is 26.0 Å². The molecule has 1 rings (SSSR count). The summed E-state index contributed by atoms with van der Waals surface area (Å²) in [6.45, 7) is 3.73. The Morgan fingerprint density at radius 1 is 1.57 bits per heavy atom. The third-order valence-electron chi connectivity index (χ3n) is 1.74. The van der Waals surface area contributed by atoms with E-state index in [2.05, 4.69) is 4.98 Å². The lowest BCUT2D eigenvalue weighted by Crippen LogP contribution is -2.18. The maximum Gasteiger partial charge on any atom is 0.218 e. The van der Waals surface area contributed by atoms with Crippen LogP contribution in [-0.4, -0.2) is 22.8 Å². The molecule has 0 aliphatic rings. The Hall–Kier alpha value is -1.13. The van der Waals surface area contributed by atoms with Gasteiger partial charge in [0.25, 0.3) is 0 Å². The van der Waals surface area contributed by atoms with E-state index in [0.717, 1.165) is 5.56 Å². The van der Waals surface area contributed by atoms with Crippen LogP contribution in [0.4, 0.5) is 0 Å². The molecule has 14 heavy (non-hydrogen) atoms. The van der Waals surface area contributed by atoms with Crippen molar-refractivity contribution in [2.75, 3.05) is 6.61 Å². The Balaban J connectivity index is 2.91. The fourth-order valence-electron chi connectivity index (χ4n) is 1.11. The quantitative estimate of drug-likeness (QED) is 0.749. The third-order valence-corrected chi connectivity index (χ3v) is 1.74. The molecule has 0 radical (unpaired) electrons. The summed E-state index contributed by atoms with van der Waals surface area (Å²) in [5, 5.41) is 8.94. The van der Waals surface area contributed by atoms with Crippen molar-refractivity contribution >= 4 is 0 Å². The van der Waals surface area contributed by atoms with Crippen LogP contribution in [0.1, 0.15) is 25.5 Å². The van der Waals surface area contributed by atoms with Gasteiger partial charge >= 0.3 is 0 Å². The number of hydrogen-bond donors (Lipinski definition) is 2. The van der Waals surface area contributed by atoms with Crippen molar-refractivity contribution in [2.24, 2.45) is 5.73 Å². The molecule has 3 N–H and O–H groups in total. The van der Waals surface area contributed by atoms with E-state index in [9.17, 15) is 0 Å². The lowest BCUT2D eigenvalue weighted by molar-refractivity contribution is 0.221. The third kappa shape index (κ3) is 2.68. The first-order valence-electron chi connectivity index (χ1n) is 4.63. The minimum Gasteiger partial charge on any atom is -0.475 e. The number of nitrogens with two attached hydrogens (primary N) is 1. The minimum absolute atomic E-state index is 0.0505. The molecule has 0 amide bonds. The molecular weight excluding hydrogens is 180 g/mol. The zero-order valence-corrected chi connectivity index (χ0v) is 8.47. The summed E-state index contributed by atoms with van der Waals surface area (Å²) in [7, 11) is 0. The van der Waals surface area contributed by atoms with Gasteiger partial charge in [-0.05, 0) is 19.9 Å². The van der Waals surface area contributed by atoms with E-state index in [1.807, 2.05) is 19.9 Å². The van der Waals surface area contributed by atoms with Gasteiger partial charge in [-0.1, -0.05) is 6.07 Å². The number of aromatic nitrogens is 1. The fraction of sp³-hybridized carbons (Fsp3) is 0.500. The van der Waals surface area contributed by atoms with Crippen molar-refractivity contribution in [3.63, 3.8) is 0 Å². The van der Waals surface area contributed by atoms with Gasteiger partial charge in [0, 0.05) is 11.8 Å². The molecule has 0 bridgehead atoms. The summed E-state index contributed by atoms with van der Waals surface area (Å²) < 4.78 is 5.47. The molecule has 1 heterocycles. The zero-order valence-electron chi connectivity index (χ0n) is 8.47. The van der Waals surface area contributed by atoms with E-state index in [4.69, 9.17) is 15.6 Å². The van der Waals surface area contributed by atoms with Crippen LogP contribution < -0.4 is 10.5 Å². The van der Waals surface area contributed by atoms with Gasteiger partial charge in [-0.25, -0.2) is 4.98 Å². The Morgan fingerprint density at radius 3 is 2.86 bits per heavy atom. The van der Waals surface area contributed by atoms with E-state index >= 15 is 0 Å². The van der Waals surface area contributed by atoms with Gasteiger partial charge in [-0.2, -0.15) is 0 Å². The smallest absolute Gasteiger partial charge is 0.218 e. The summed E-state index contributed by atoms with van der Waals surface area (Å²) in [5.74, 6) is 0.504. The first-order valence-corrected chi connectivity index (χ1v) is 4.63. The predicted octanol–water partition coefficient (Wildman–Crippen LogP) is 0.861. The summed E-state index contributed by atoms with van der Waals surface area (Å²) in [6.07, 6.45) is 1.69. The normalized spacial score (nSPS) is 12.9. The molecule has 4 nitrogen and oxygen atoms in total. The van der Waals surface area contributed by atoms with Crippen LogP contribution in [-0.2, 0) is 0 Å². The van der Waals surface area contributed by atoms with E-state index in [1.165, 1.54) is 0 Å². The van der Waals surface area contributed by atoms with Gasteiger partial charge in [0.05, 0.1) is 18.8 Å². The highest BCUT2D eigenvalue weighted by Gasteiger charge is 2.12. The predicted molar refractivity (Wildman–Crippen MR) is 54.0 cm³/mol. The topological polar surface area (TPSA) is 68.4 Å². The van der Waals surface area contributed by atoms with Crippen LogP contribution in [0.3, 0.4) is 0 Å². The Bertz CT molecular complexity index is 289. The molecule has 4 heteroatoms. The van der Waals surface area contributed by atoms with Crippen molar-refractivity contribution in [3.8, 4) is 5.88 Å². The largest absolute Gasteiger partial charge is 0.475 e. The molecule has 0 aliphatic heterocycles. The molecule has 0 aliphatic carbocycles. The van der Waals surface area contributed by atoms with Gasteiger partial charge in [0.1, 0.15) is 0 Å². The van der Waals surface area contributed by atoms with Crippen molar-refractivity contribution in [3.05, 3.63) is 23.9 Å². The lowest BCUT2D eigenvalue weighted by atomic mass is 10.1. The monoisotopic (exact) mass is 196 g/mol. The maximum absolute atomic E-state index is 8.94. The molecule has 1 aromatic heterocycles. The van der Waals surface area contributed by atoms with Crippen LogP contribution in [0, 0.1) is 0 Å². The number of rotatable bonds is 4. The molecule has 0 spiro atoms. The second-order valence-electron chi connectivity index (χ2n) is 3.35. The molecule has 0 aromatic carbocycles. The van der Waals surface area contributed by atoms with Gasteiger partial charge in [-0.15, -0.1) is 0 Å². The first kappa shape index (κ1) is 10.9. The SMILES string of the molecule is CC(C)Oc1ncccc1C(N)CO. The molecule has 0 fully saturated rings. The number of hydrogen-bond acceptors (Lipinski definition) is 4. The molecule has 1 aromatic rings. The van der Waals surface area contributed by atoms with Crippen LogP contribution >= 0.6 is 0 Å². The Kier molecular flexibility index (Phi) is 3.85. The number of pyridine rings is 1. The average Bonchev–Trinajstić information content (AvgIpc) is 2.16. The van der Waals surface area contributed by atoms with Crippen molar-refractivity contribution in [1.82, 2.24) is 4.98 Å². The number of aliphatic hydroxyl groups is 1.